The first-order valence-corrected chi connectivity index (χ1v) is 7.97. The Morgan fingerprint density at radius 3 is 2.56 bits per heavy atom. The van der Waals surface area contributed by atoms with E-state index in [1.165, 1.54) is 6.07 Å². The van der Waals surface area contributed by atoms with Gasteiger partial charge in [0.2, 0.25) is 0 Å². The molecule has 1 N–H and O–H groups in total. The number of carbonyl (C=O) groups excluding carboxylic acids is 1. The average molecular weight is 346 g/mol. The Labute approximate surface area is 145 Å². The zero-order valence-corrected chi connectivity index (χ0v) is 14.1. The van der Waals surface area contributed by atoms with E-state index in [9.17, 15) is 13.6 Å². The third-order valence-corrected chi connectivity index (χ3v) is 3.41. The number of hydrazone groups is 1. The van der Waals surface area contributed by atoms with Crippen LogP contribution < -0.4 is 10.2 Å². The van der Waals surface area contributed by atoms with Crippen LogP contribution in [0.1, 0.15) is 36.2 Å². The molecule has 0 aliphatic rings. The molecule has 0 atom stereocenters. The maximum absolute atomic E-state index is 13.4. The lowest BCUT2D eigenvalue weighted by Crippen LogP contribution is -2.17. The van der Waals surface area contributed by atoms with Crippen LogP contribution in [0.4, 0.5) is 8.78 Å². The topological polar surface area (TPSA) is 50.7 Å². The van der Waals surface area contributed by atoms with Crippen LogP contribution in [0, 0.1) is 17.6 Å². The molecule has 4 nitrogen and oxygen atoms in total. The van der Waals surface area contributed by atoms with Crippen molar-refractivity contribution in [1.29, 1.82) is 0 Å². The summed E-state index contributed by atoms with van der Waals surface area (Å²) in [6.07, 6.45) is 2.08. The average Bonchev–Trinajstić information content (AvgIpc) is 2.57. The molecule has 0 aliphatic heterocycles. The Bertz CT molecular complexity index is 744. The molecule has 0 fully saturated rings. The molecule has 0 saturated heterocycles. The van der Waals surface area contributed by atoms with E-state index in [0.717, 1.165) is 24.8 Å². The molecular weight excluding hydrogens is 326 g/mol. The molecule has 0 aromatic heterocycles. The minimum absolute atomic E-state index is 0.0793. The lowest BCUT2D eigenvalue weighted by Gasteiger charge is -2.08. The number of hydrogen-bond donors (Lipinski definition) is 1. The van der Waals surface area contributed by atoms with Crippen molar-refractivity contribution in [3.05, 3.63) is 65.2 Å². The monoisotopic (exact) mass is 346 g/mol. The summed E-state index contributed by atoms with van der Waals surface area (Å²) in [7, 11) is 0. The SMILES string of the molecule is CC(C)CCOc1ccc(C(=O)N/N=C\c2ccc(F)cc2F)cc1. The second-order valence-electron chi connectivity index (χ2n) is 5.92. The summed E-state index contributed by atoms with van der Waals surface area (Å²) in [5.41, 5.74) is 2.77. The van der Waals surface area contributed by atoms with Gasteiger partial charge in [0.15, 0.2) is 0 Å². The van der Waals surface area contributed by atoms with Gasteiger partial charge >= 0.3 is 0 Å². The van der Waals surface area contributed by atoms with E-state index >= 15 is 0 Å². The minimum atomic E-state index is -0.749. The van der Waals surface area contributed by atoms with Gasteiger partial charge in [-0.25, -0.2) is 14.2 Å². The zero-order valence-electron chi connectivity index (χ0n) is 14.1. The Kier molecular flexibility index (Phi) is 6.62. The predicted molar refractivity (Wildman–Crippen MR) is 92.8 cm³/mol. The molecule has 6 heteroatoms. The molecule has 0 spiro atoms. The highest BCUT2D eigenvalue weighted by Gasteiger charge is 2.05. The summed E-state index contributed by atoms with van der Waals surface area (Å²) in [6.45, 7) is 4.86. The summed E-state index contributed by atoms with van der Waals surface area (Å²) in [5, 5.41) is 3.68. The number of carbonyl (C=O) groups is 1. The highest BCUT2D eigenvalue weighted by molar-refractivity contribution is 5.95. The first-order chi connectivity index (χ1) is 12.0. The molecule has 0 heterocycles. The van der Waals surface area contributed by atoms with E-state index in [0.29, 0.717) is 23.8 Å². The number of ether oxygens (including phenoxy) is 1. The lowest BCUT2D eigenvalue weighted by atomic mass is 10.1. The van der Waals surface area contributed by atoms with Crippen LogP contribution in [0.25, 0.3) is 0 Å². The number of amides is 1. The van der Waals surface area contributed by atoms with Gasteiger partial charge in [-0.1, -0.05) is 13.8 Å². The Morgan fingerprint density at radius 1 is 1.20 bits per heavy atom. The third kappa shape index (κ3) is 5.99. The second kappa shape index (κ2) is 8.92. The van der Waals surface area contributed by atoms with E-state index in [1.807, 2.05) is 0 Å². The van der Waals surface area contributed by atoms with E-state index in [-0.39, 0.29) is 5.56 Å². The highest BCUT2D eigenvalue weighted by atomic mass is 19.1. The first kappa shape index (κ1) is 18.6. The number of nitrogens with one attached hydrogen (secondary N) is 1. The van der Waals surface area contributed by atoms with Crippen molar-refractivity contribution in [3.8, 4) is 5.75 Å². The van der Waals surface area contributed by atoms with Gasteiger partial charge in [0.1, 0.15) is 17.4 Å². The van der Waals surface area contributed by atoms with Gasteiger partial charge in [0.25, 0.3) is 5.91 Å². The second-order valence-corrected chi connectivity index (χ2v) is 5.92. The van der Waals surface area contributed by atoms with Crippen LogP contribution >= 0.6 is 0 Å². The molecule has 1 amide bonds. The molecule has 25 heavy (non-hydrogen) atoms. The van der Waals surface area contributed by atoms with Gasteiger partial charge in [0.05, 0.1) is 12.8 Å². The Morgan fingerprint density at radius 2 is 1.92 bits per heavy atom. The molecule has 132 valence electrons. The van der Waals surface area contributed by atoms with Crippen molar-refractivity contribution in [3.63, 3.8) is 0 Å². The molecule has 0 radical (unpaired) electrons. The van der Waals surface area contributed by atoms with Crippen molar-refractivity contribution in [1.82, 2.24) is 5.43 Å². The number of benzene rings is 2. The maximum atomic E-state index is 13.4. The molecule has 2 aromatic rings. The minimum Gasteiger partial charge on any atom is -0.494 e. The molecule has 2 aromatic carbocycles. The summed E-state index contributed by atoms with van der Waals surface area (Å²) in [4.78, 5) is 12.0. The largest absolute Gasteiger partial charge is 0.494 e. The Balaban J connectivity index is 1.89. The molecule has 0 aliphatic carbocycles. The van der Waals surface area contributed by atoms with Crippen molar-refractivity contribution in [2.24, 2.45) is 11.0 Å². The number of nitrogens with zero attached hydrogens (tertiary/aromatic N) is 1. The van der Waals surface area contributed by atoms with Crippen LogP contribution in [0.3, 0.4) is 0 Å². The maximum Gasteiger partial charge on any atom is 0.271 e. The standard InChI is InChI=1S/C19H20F2N2O2/c1-13(2)9-10-25-17-7-4-14(5-8-17)19(24)23-22-12-15-3-6-16(20)11-18(15)21/h3-8,11-13H,9-10H2,1-2H3,(H,23,24)/b22-12-. The summed E-state index contributed by atoms with van der Waals surface area (Å²) in [6, 6.07) is 9.76. The van der Waals surface area contributed by atoms with Crippen molar-refractivity contribution in [2.75, 3.05) is 6.61 Å². The molecule has 2 rings (SSSR count). The van der Waals surface area contributed by atoms with Gasteiger partial charge in [-0.15, -0.1) is 0 Å². The van der Waals surface area contributed by atoms with Crippen molar-refractivity contribution >= 4 is 12.1 Å². The fourth-order valence-electron chi connectivity index (χ4n) is 1.95. The van der Waals surface area contributed by atoms with Crippen LogP contribution in [0.2, 0.25) is 0 Å². The van der Waals surface area contributed by atoms with Gasteiger partial charge in [-0.05, 0) is 48.7 Å². The number of hydrogen-bond acceptors (Lipinski definition) is 3. The fraction of sp³-hybridized carbons (Fsp3) is 0.263. The first-order valence-electron chi connectivity index (χ1n) is 7.97. The van der Waals surface area contributed by atoms with E-state index < -0.39 is 17.5 Å². The van der Waals surface area contributed by atoms with Crippen molar-refractivity contribution < 1.29 is 18.3 Å². The molecule has 0 saturated carbocycles. The van der Waals surface area contributed by atoms with Crippen LogP contribution in [0.5, 0.6) is 5.75 Å². The quantitative estimate of drug-likeness (QED) is 0.605. The van der Waals surface area contributed by atoms with Crippen LogP contribution in [-0.4, -0.2) is 18.7 Å². The van der Waals surface area contributed by atoms with Gasteiger partial charge in [-0.2, -0.15) is 5.10 Å². The summed E-state index contributed by atoms with van der Waals surface area (Å²) >= 11 is 0. The van der Waals surface area contributed by atoms with Gasteiger partial charge < -0.3 is 4.74 Å². The zero-order chi connectivity index (χ0) is 18.2. The van der Waals surface area contributed by atoms with Gasteiger partial charge in [-0.3, -0.25) is 4.79 Å². The fourth-order valence-corrected chi connectivity index (χ4v) is 1.95. The van der Waals surface area contributed by atoms with E-state index in [4.69, 9.17) is 4.74 Å². The van der Waals surface area contributed by atoms with E-state index in [2.05, 4.69) is 24.4 Å². The van der Waals surface area contributed by atoms with Gasteiger partial charge in [0, 0.05) is 17.2 Å². The van der Waals surface area contributed by atoms with Crippen LogP contribution in [-0.2, 0) is 0 Å². The van der Waals surface area contributed by atoms with Crippen molar-refractivity contribution in [2.45, 2.75) is 20.3 Å². The molecule has 0 bridgehead atoms. The number of halogens is 2. The molecular formula is C19H20F2N2O2. The normalized spacial score (nSPS) is 11.1. The summed E-state index contributed by atoms with van der Waals surface area (Å²) < 4.78 is 31.8. The smallest absolute Gasteiger partial charge is 0.271 e. The predicted octanol–water partition coefficient (Wildman–Crippen LogP) is 4.15. The highest BCUT2D eigenvalue weighted by Crippen LogP contribution is 2.13. The lowest BCUT2D eigenvalue weighted by molar-refractivity contribution is 0.0955. The summed E-state index contributed by atoms with van der Waals surface area (Å²) in [5.74, 6) is -0.606. The third-order valence-electron chi connectivity index (χ3n) is 3.41. The van der Waals surface area contributed by atoms with Crippen LogP contribution in [0.15, 0.2) is 47.6 Å². The van der Waals surface area contributed by atoms with E-state index in [1.54, 1.807) is 24.3 Å². The number of rotatable bonds is 7. The Hall–Kier alpha value is -2.76. The molecule has 0 unspecified atom stereocenters.